The molecule has 2 atom stereocenters. The Bertz CT molecular complexity index is 39.1. The van der Waals surface area contributed by atoms with Crippen LogP contribution in [-0.4, -0.2) is 19.4 Å². The van der Waals surface area contributed by atoms with E-state index in [9.17, 15) is 0 Å². The van der Waals surface area contributed by atoms with Crippen LogP contribution in [0.2, 0.25) is 0 Å². The molecule has 0 aliphatic carbocycles. The van der Waals surface area contributed by atoms with E-state index in [-0.39, 0.29) is 0 Å². The van der Waals surface area contributed by atoms with E-state index in [1.54, 1.807) is 7.11 Å². The highest BCUT2D eigenvalue weighted by molar-refractivity contribution is 7.17. The molecule has 0 aliphatic heterocycles. The van der Waals surface area contributed by atoms with Gasteiger partial charge in [0.05, 0.1) is 6.61 Å². The SMILES string of the molecule is CCC(P)COC. The summed E-state index contributed by atoms with van der Waals surface area (Å²) >= 11 is 0. The molecule has 44 valence electrons. The van der Waals surface area contributed by atoms with Crippen LogP contribution in [0.15, 0.2) is 0 Å². The summed E-state index contributed by atoms with van der Waals surface area (Å²) in [6.45, 7) is 3.01. The van der Waals surface area contributed by atoms with E-state index in [2.05, 4.69) is 16.2 Å². The van der Waals surface area contributed by atoms with Gasteiger partial charge in [-0.25, -0.2) is 0 Å². The van der Waals surface area contributed by atoms with E-state index >= 15 is 0 Å². The summed E-state index contributed by atoms with van der Waals surface area (Å²) in [6.07, 6.45) is 1.18. The average Bonchev–Trinajstić information content (AvgIpc) is 1.68. The molecule has 0 aromatic rings. The zero-order chi connectivity index (χ0) is 5.70. The average molecular weight is 120 g/mol. The molecular formula is C5H13OP. The van der Waals surface area contributed by atoms with Gasteiger partial charge in [-0.15, -0.1) is 9.24 Å². The van der Waals surface area contributed by atoms with Crippen LogP contribution in [0, 0.1) is 0 Å². The maximum Gasteiger partial charge on any atom is 0.0524 e. The van der Waals surface area contributed by atoms with Crippen LogP contribution < -0.4 is 0 Å². The quantitative estimate of drug-likeness (QED) is 0.510. The number of methoxy groups -OCH3 is 1. The van der Waals surface area contributed by atoms with Crippen molar-refractivity contribution in [1.29, 1.82) is 0 Å². The van der Waals surface area contributed by atoms with Crippen LogP contribution in [0.1, 0.15) is 13.3 Å². The van der Waals surface area contributed by atoms with Gasteiger partial charge in [-0.05, 0) is 12.1 Å². The fraction of sp³-hybridized carbons (Fsp3) is 1.00. The lowest BCUT2D eigenvalue weighted by Gasteiger charge is -2.03. The third kappa shape index (κ3) is 4.24. The number of hydrogen-bond donors (Lipinski definition) is 0. The number of hydrogen-bond acceptors (Lipinski definition) is 1. The Hall–Kier alpha value is 0.390. The first-order valence-electron chi connectivity index (χ1n) is 2.55. The molecule has 0 aliphatic rings. The van der Waals surface area contributed by atoms with E-state index in [0.29, 0.717) is 5.66 Å². The van der Waals surface area contributed by atoms with Crippen LogP contribution in [0.25, 0.3) is 0 Å². The van der Waals surface area contributed by atoms with Crippen LogP contribution in [0.5, 0.6) is 0 Å². The zero-order valence-electron chi connectivity index (χ0n) is 4.98. The van der Waals surface area contributed by atoms with Gasteiger partial charge >= 0.3 is 0 Å². The second-order valence-corrected chi connectivity index (χ2v) is 2.57. The first-order valence-corrected chi connectivity index (χ1v) is 3.22. The van der Waals surface area contributed by atoms with Gasteiger partial charge in [0.25, 0.3) is 0 Å². The van der Waals surface area contributed by atoms with Crippen molar-refractivity contribution in [3.63, 3.8) is 0 Å². The number of ether oxygens (including phenoxy) is 1. The summed E-state index contributed by atoms with van der Waals surface area (Å²) < 4.78 is 4.87. The lowest BCUT2D eigenvalue weighted by Crippen LogP contribution is -2.03. The van der Waals surface area contributed by atoms with Gasteiger partial charge in [0.15, 0.2) is 0 Å². The Morgan fingerprint density at radius 3 is 2.43 bits per heavy atom. The standard InChI is InChI=1S/C5H13OP/c1-3-5(7)4-6-2/h5H,3-4,7H2,1-2H3. The van der Waals surface area contributed by atoms with Crippen LogP contribution in [0.3, 0.4) is 0 Å². The second-order valence-electron chi connectivity index (χ2n) is 1.62. The molecule has 0 radical (unpaired) electrons. The smallest absolute Gasteiger partial charge is 0.0524 e. The maximum absolute atomic E-state index is 4.87. The van der Waals surface area contributed by atoms with Gasteiger partial charge in [-0.1, -0.05) is 6.92 Å². The highest BCUT2D eigenvalue weighted by Gasteiger charge is 1.93. The van der Waals surface area contributed by atoms with E-state index in [4.69, 9.17) is 4.74 Å². The predicted molar refractivity (Wildman–Crippen MR) is 35.7 cm³/mol. The molecule has 0 heterocycles. The van der Waals surface area contributed by atoms with Gasteiger partial charge in [0.2, 0.25) is 0 Å². The molecule has 0 aromatic carbocycles. The minimum absolute atomic E-state index is 0.644. The molecule has 0 spiro atoms. The first-order chi connectivity index (χ1) is 3.31. The van der Waals surface area contributed by atoms with Gasteiger partial charge < -0.3 is 4.74 Å². The van der Waals surface area contributed by atoms with Gasteiger partial charge in [0, 0.05) is 7.11 Å². The molecular weight excluding hydrogens is 107 g/mol. The summed E-state index contributed by atoms with van der Waals surface area (Å²) in [4.78, 5) is 0. The van der Waals surface area contributed by atoms with E-state index in [1.807, 2.05) is 0 Å². The fourth-order valence-electron chi connectivity index (χ4n) is 0.332. The lowest BCUT2D eigenvalue weighted by molar-refractivity contribution is 0.198. The Morgan fingerprint density at radius 2 is 2.29 bits per heavy atom. The third-order valence-corrected chi connectivity index (χ3v) is 1.57. The molecule has 0 aromatic heterocycles. The Balaban J connectivity index is 2.83. The van der Waals surface area contributed by atoms with Crippen LogP contribution in [-0.2, 0) is 4.74 Å². The Labute approximate surface area is 47.6 Å². The lowest BCUT2D eigenvalue weighted by atomic mass is 10.3. The van der Waals surface area contributed by atoms with Gasteiger partial charge in [0.1, 0.15) is 0 Å². The molecule has 0 bridgehead atoms. The molecule has 7 heavy (non-hydrogen) atoms. The summed E-state index contributed by atoms with van der Waals surface area (Å²) in [5.74, 6) is 0. The Morgan fingerprint density at radius 1 is 1.71 bits per heavy atom. The third-order valence-electron chi connectivity index (χ3n) is 0.905. The van der Waals surface area contributed by atoms with Crippen LogP contribution in [0.4, 0.5) is 0 Å². The summed E-state index contributed by atoms with van der Waals surface area (Å²) in [7, 11) is 4.46. The normalized spacial score (nSPS) is 14.1. The second kappa shape index (κ2) is 4.55. The highest BCUT2D eigenvalue weighted by Crippen LogP contribution is 2.02. The topological polar surface area (TPSA) is 9.23 Å². The van der Waals surface area contributed by atoms with Crippen molar-refractivity contribution in [3.8, 4) is 0 Å². The summed E-state index contributed by atoms with van der Waals surface area (Å²) in [6, 6.07) is 0. The van der Waals surface area contributed by atoms with Gasteiger partial charge in [-0.2, -0.15) is 0 Å². The van der Waals surface area contributed by atoms with Crippen molar-refractivity contribution in [3.05, 3.63) is 0 Å². The molecule has 0 rings (SSSR count). The fourth-order valence-corrected chi connectivity index (χ4v) is 0.524. The monoisotopic (exact) mass is 120 g/mol. The van der Waals surface area contributed by atoms with Crippen molar-refractivity contribution in [1.82, 2.24) is 0 Å². The van der Waals surface area contributed by atoms with Crippen LogP contribution >= 0.6 is 9.24 Å². The molecule has 2 unspecified atom stereocenters. The predicted octanol–water partition coefficient (Wildman–Crippen LogP) is 1.29. The molecule has 0 amide bonds. The minimum atomic E-state index is 0.644. The first kappa shape index (κ1) is 7.39. The van der Waals surface area contributed by atoms with E-state index in [0.717, 1.165) is 6.61 Å². The molecule has 0 saturated carbocycles. The van der Waals surface area contributed by atoms with Crippen molar-refractivity contribution in [2.24, 2.45) is 0 Å². The van der Waals surface area contributed by atoms with Crippen molar-refractivity contribution in [2.45, 2.75) is 19.0 Å². The molecule has 1 nitrogen and oxygen atoms in total. The van der Waals surface area contributed by atoms with Crippen molar-refractivity contribution >= 4 is 9.24 Å². The molecule has 0 N–H and O–H groups in total. The largest absolute Gasteiger partial charge is 0.384 e. The van der Waals surface area contributed by atoms with E-state index in [1.165, 1.54) is 6.42 Å². The summed E-state index contributed by atoms with van der Waals surface area (Å²) in [5.41, 5.74) is 0.644. The highest BCUT2D eigenvalue weighted by atomic mass is 31.0. The molecule has 2 heteroatoms. The van der Waals surface area contributed by atoms with Crippen molar-refractivity contribution < 1.29 is 4.74 Å². The van der Waals surface area contributed by atoms with Gasteiger partial charge in [-0.3, -0.25) is 0 Å². The maximum atomic E-state index is 4.87. The summed E-state index contributed by atoms with van der Waals surface area (Å²) in [5, 5.41) is 0. The minimum Gasteiger partial charge on any atom is -0.384 e. The Kier molecular flexibility index (Phi) is 4.80. The number of rotatable bonds is 3. The molecule has 0 fully saturated rings. The van der Waals surface area contributed by atoms with E-state index < -0.39 is 0 Å². The zero-order valence-corrected chi connectivity index (χ0v) is 6.13. The van der Waals surface area contributed by atoms with Crippen molar-refractivity contribution in [2.75, 3.05) is 13.7 Å². The molecule has 0 saturated heterocycles.